The molecule has 1 saturated carbocycles. The molecule has 1 aromatic rings. The van der Waals surface area contributed by atoms with Crippen LogP contribution in [0.1, 0.15) is 36.5 Å². The fourth-order valence-electron chi connectivity index (χ4n) is 2.50. The van der Waals surface area contributed by atoms with Gasteiger partial charge in [0.1, 0.15) is 5.69 Å². The molecule has 2 atom stereocenters. The van der Waals surface area contributed by atoms with Gasteiger partial charge in [0.25, 0.3) is 5.69 Å². The Morgan fingerprint density at radius 2 is 2.21 bits per heavy atom. The predicted octanol–water partition coefficient (Wildman–Crippen LogP) is 2.89. The molecule has 0 aromatic heterocycles. The lowest BCUT2D eigenvalue weighted by molar-refractivity contribution is -0.384. The van der Waals surface area contributed by atoms with Gasteiger partial charge in [0, 0.05) is 12.1 Å². The first kappa shape index (κ1) is 13.3. The molecule has 1 aliphatic rings. The molecule has 0 aliphatic heterocycles. The number of nitrogens with one attached hydrogen (secondary N) is 1. The Kier molecular flexibility index (Phi) is 3.69. The summed E-state index contributed by atoms with van der Waals surface area (Å²) in [6.45, 7) is 2.09. The number of hydrogen-bond acceptors (Lipinski definition) is 4. The van der Waals surface area contributed by atoms with E-state index in [-0.39, 0.29) is 17.3 Å². The highest BCUT2D eigenvalue weighted by Crippen LogP contribution is 2.32. The van der Waals surface area contributed by atoms with E-state index in [1.165, 1.54) is 18.2 Å². The summed E-state index contributed by atoms with van der Waals surface area (Å²) < 4.78 is 0. The van der Waals surface area contributed by atoms with Gasteiger partial charge in [-0.15, -0.1) is 0 Å². The second-order valence-corrected chi connectivity index (χ2v) is 4.95. The van der Waals surface area contributed by atoms with Gasteiger partial charge >= 0.3 is 5.97 Å². The van der Waals surface area contributed by atoms with E-state index in [2.05, 4.69) is 12.2 Å². The van der Waals surface area contributed by atoms with Crippen molar-refractivity contribution in [3.05, 3.63) is 33.9 Å². The molecule has 0 bridgehead atoms. The molecular formula is C13H16N2O4. The highest BCUT2D eigenvalue weighted by molar-refractivity contribution is 5.90. The van der Waals surface area contributed by atoms with E-state index in [4.69, 9.17) is 5.11 Å². The fourth-order valence-corrected chi connectivity index (χ4v) is 2.50. The van der Waals surface area contributed by atoms with Crippen LogP contribution in [0.15, 0.2) is 18.2 Å². The number of nitro groups is 1. The van der Waals surface area contributed by atoms with E-state index in [1.54, 1.807) is 0 Å². The van der Waals surface area contributed by atoms with Crippen LogP contribution in [0.2, 0.25) is 0 Å². The minimum absolute atomic E-state index is 0.0544. The van der Waals surface area contributed by atoms with Gasteiger partial charge in [-0.3, -0.25) is 10.1 Å². The molecule has 0 saturated heterocycles. The van der Waals surface area contributed by atoms with Crippen LogP contribution in [0.5, 0.6) is 0 Å². The quantitative estimate of drug-likeness (QED) is 0.644. The first-order chi connectivity index (χ1) is 8.99. The molecule has 0 heterocycles. The maximum atomic E-state index is 11.0. The third-order valence-electron chi connectivity index (χ3n) is 3.64. The summed E-state index contributed by atoms with van der Waals surface area (Å²) in [5.41, 5.74) is 0.270. The van der Waals surface area contributed by atoms with Gasteiger partial charge in [0.2, 0.25) is 0 Å². The van der Waals surface area contributed by atoms with Gasteiger partial charge in [0.05, 0.1) is 10.5 Å². The number of nitro benzene ring substituents is 1. The maximum Gasteiger partial charge on any atom is 0.335 e. The van der Waals surface area contributed by atoms with Crippen LogP contribution in [0.25, 0.3) is 0 Å². The highest BCUT2D eigenvalue weighted by Gasteiger charge is 2.26. The number of carboxylic acids is 1. The summed E-state index contributed by atoms with van der Waals surface area (Å²) in [6, 6.07) is 4.00. The van der Waals surface area contributed by atoms with Gasteiger partial charge in [-0.2, -0.15) is 0 Å². The van der Waals surface area contributed by atoms with Crippen LogP contribution >= 0.6 is 0 Å². The summed E-state index contributed by atoms with van der Waals surface area (Å²) in [4.78, 5) is 21.4. The zero-order valence-electron chi connectivity index (χ0n) is 10.6. The van der Waals surface area contributed by atoms with Crippen LogP contribution in [0, 0.1) is 16.0 Å². The Balaban J connectivity index is 2.32. The lowest BCUT2D eigenvalue weighted by Gasteiger charge is -2.18. The van der Waals surface area contributed by atoms with Crippen molar-refractivity contribution in [1.29, 1.82) is 0 Å². The molecule has 1 aliphatic carbocycles. The van der Waals surface area contributed by atoms with Crippen LogP contribution < -0.4 is 5.32 Å². The monoisotopic (exact) mass is 264 g/mol. The third-order valence-corrected chi connectivity index (χ3v) is 3.64. The summed E-state index contributed by atoms with van der Waals surface area (Å²) in [5.74, 6) is -0.648. The smallest absolute Gasteiger partial charge is 0.335 e. The number of rotatable bonds is 4. The standard InChI is InChI=1S/C13H16N2O4/c1-8-3-2-4-10(8)14-11-7-9(13(16)17)5-6-12(11)15(18)19/h5-8,10,14H,2-4H2,1H3,(H,16,17). The van der Waals surface area contributed by atoms with Crippen LogP contribution in [-0.2, 0) is 0 Å². The van der Waals surface area contributed by atoms with E-state index < -0.39 is 10.9 Å². The van der Waals surface area contributed by atoms with Gasteiger partial charge in [-0.1, -0.05) is 13.3 Å². The number of nitrogens with zero attached hydrogens (tertiary/aromatic N) is 1. The van der Waals surface area contributed by atoms with Crippen LogP contribution in [0.4, 0.5) is 11.4 Å². The average molecular weight is 264 g/mol. The first-order valence-corrected chi connectivity index (χ1v) is 6.27. The SMILES string of the molecule is CC1CCCC1Nc1cc(C(=O)O)ccc1[N+](=O)[O-]. The molecule has 2 N–H and O–H groups in total. The Hall–Kier alpha value is -2.11. The molecule has 102 valence electrons. The van der Waals surface area contributed by atoms with E-state index in [1.807, 2.05) is 0 Å². The number of aromatic carboxylic acids is 1. The normalized spacial score (nSPS) is 22.2. The topological polar surface area (TPSA) is 92.5 Å². The largest absolute Gasteiger partial charge is 0.478 e. The van der Waals surface area contributed by atoms with Crippen molar-refractivity contribution in [2.24, 2.45) is 5.92 Å². The zero-order chi connectivity index (χ0) is 14.0. The highest BCUT2D eigenvalue weighted by atomic mass is 16.6. The lowest BCUT2D eigenvalue weighted by atomic mass is 10.1. The van der Waals surface area contributed by atoms with Crippen molar-refractivity contribution in [1.82, 2.24) is 0 Å². The molecule has 0 spiro atoms. The number of anilines is 1. The Morgan fingerprint density at radius 3 is 2.74 bits per heavy atom. The van der Waals surface area contributed by atoms with Gasteiger partial charge in [-0.05, 0) is 30.9 Å². The van der Waals surface area contributed by atoms with Gasteiger partial charge in [0.15, 0.2) is 0 Å². The summed E-state index contributed by atoms with van der Waals surface area (Å²) in [6.07, 6.45) is 3.13. The number of carboxylic acid groups (broad SMARTS) is 1. The fraction of sp³-hybridized carbons (Fsp3) is 0.462. The van der Waals surface area contributed by atoms with E-state index in [0.29, 0.717) is 11.6 Å². The Labute approximate surface area is 110 Å². The predicted molar refractivity (Wildman–Crippen MR) is 70.5 cm³/mol. The molecule has 6 heteroatoms. The number of carbonyl (C=O) groups is 1. The first-order valence-electron chi connectivity index (χ1n) is 6.27. The van der Waals surface area contributed by atoms with E-state index >= 15 is 0 Å². The van der Waals surface area contributed by atoms with Crippen molar-refractivity contribution in [3.63, 3.8) is 0 Å². The summed E-state index contributed by atoms with van der Waals surface area (Å²) in [7, 11) is 0. The lowest BCUT2D eigenvalue weighted by Crippen LogP contribution is -2.22. The minimum Gasteiger partial charge on any atom is -0.478 e. The summed E-state index contributed by atoms with van der Waals surface area (Å²) in [5, 5.41) is 23.1. The van der Waals surface area contributed by atoms with Crippen LogP contribution in [-0.4, -0.2) is 22.0 Å². The number of hydrogen-bond donors (Lipinski definition) is 2. The molecule has 6 nitrogen and oxygen atoms in total. The third kappa shape index (κ3) is 2.83. The van der Waals surface area contributed by atoms with Crippen molar-refractivity contribution in [2.45, 2.75) is 32.2 Å². The van der Waals surface area contributed by atoms with Crippen molar-refractivity contribution < 1.29 is 14.8 Å². The molecule has 2 unspecified atom stereocenters. The van der Waals surface area contributed by atoms with Gasteiger partial charge in [-0.25, -0.2) is 4.79 Å². The molecule has 19 heavy (non-hydrogen) atoms. The Bertz CT molecular complexity index is 515. The van der Waals surface area contributed by atoms with Crippen LogP contribution in [0.3, 0.4) is 0 Å². The molecule has 1 fully saturated rings. The minimum atomic E-state index is -1.09. The van der Waals surface area contributed by atoms with Gasteiger partial charge < -0.3 is 10.4 Å². The zero-order valence-corrected chi connectivity index (χ0v) is 10.6. The molecule has 0 radical (unpaired) electrons. The number of benzene rings is 1. The summed E-state index contributed by atoms with van der Waals surface area (Å²) >= 11 is 0. The molecular weight excluding hydrogens is 248 g/mol. The maximum absolute atomic E-state index is 11.0. The van der Waals surface area contributed by atoms with E-state index in [0.717, 1.165) is 19.3 Å². The molecule has 1 aromatic carbocycles. The van der Waals surface area contributed by atoms with Crippen molar-refractivity contribution in [2.75, 3.05) is 5.32 Å². The second-order valence-electron chi connectivity index (χ2n) is 4.95. The second kappa shape index (κ2) is 5.26. The molecule has 0 amide bonds. The van der Waals surface area contributed by atoms with Crippen molar-refractivity contribution in [3.8, 4) is 0 Å². The van der Waals surface area contributed by atoms with E-state index in [9.17, 15) is 14.9 Å². The molecule has 2 rings (SSSR count). The average Bonchev–Trinajstić information content (AvgIpc) is 2.74. The Morgan fingerprint density at radius 1 is 1.47 bits per heavy atom. The van der Waals surface area contributed by atoms with Crippen molar-refractivity contribution >= 4 is 17.3 Å².